The van der Waals surface area contributed by atoms with Gasteiger partial charge in [-0.25, -0.2) is 4.98 Å². The van der Waals surface area contributed by atoms with E-state index >= 15 is 0 Å². The molecule has 0 atom stereocenters. The third-order valence-corrected chi connectivity index (χ3v) is 7.30. The SMILES string of the molecule is Cc1ccc(OCc2nc(C3CCN(C(=O)CCCc4nc5ccccc5s4)CC3)no2)cc1. The summed E-state index contributed by atoms with van der Waals surface area (Å²) in [5.41, 5.74) is 2.23. The number of fused-ring (bicyclic) bond motifs is 1. The average Bonchev–Trinajstić information content (AvgIpc) is 3.50. The van der Waals surface area contributed by atoms with Gasteiger partial charge < -0.3 is 14.2 Å². The fourth-order valence-corrected chi connectivity index (χ4v) is 5.24. The van der Waals surface area contributed by atoms with Crippen molar-refractivity contribution < 1.29 is 14.1 Å². The summed E-state index contributed by atoms with van der Waals surface area (Å²) in [6.07, 6.45) is 3.93. The highest BCUT2D eigenvalue weighted by atomic mass is 32.1. The van der Waals surface area contributed by atoms with Gasteiger partial charge in [0.25, 0.3) is 5.89 Å². The summed E-state index contributed by atoms with van der Waals surface area (Å²) in [5, 5.41) is 5.27. The Morgan fingerprint density at radius 1 is 1.12 bits per heavy atom. The van der Waals surface area contributed by atoms with Crippen molar-refractivity contribution in [3.63, 3.8) is 0 Å². The van der Waals surface area contributed by atoms with Crippen LogP contribution in [0.15, 0.2) is 53.1 Å². The van der Waals surface area contributed by atoms with Gasteiger partial charge in [0.2, 0.25) is 5.91 Å². The summed E-state index contributed by atoms with van der Waals surface area (Å²) in [6.45, 7) is 3.75. The predicted octanol–water partition coefficient (Wildman–Crippen LogP) is 5.30. The molecule has 2 aromatic heterocycles. The van der Waals surface area contributed by atoms with Gasteiger partial charge in [-0.3, -0.25) is 4.79 Å². The van der Waals surface area contributed by atoms with Crippen LogP contribution in [0.5, 0.6) is 5.75 Å². The van der Waals surface area contributed by atoms with Gasteiger partial charge in [0.1, 0.15) is 5.75 Å². The predicted molar refractivity (Wildman–Crippen MR) is 131 cm³/mol. The van der Waals surface area contributed by atoms with E-state index in [1.165, 1.54) is 10.3 Å². The molecule has 0 spiro atoms. The van der Waals surface area contributed by atoms with Gasteiger partial charge in [0, 0.05) is 25.4 Å². The molecule has 3 heterocycles. The molecule has 0 saturated carbocycles. The molecule has 4 aromatic rings. The minimum Gasteiger partial charge on any atom is -0.484 e. The number of para-hydroxylation sites is 1. The van der Waals surface area contributed by atoms with Gasteiger partial charge in [0.05, 0.1) is 15.2 Å². The lowest BCUT2D eigenvalue weighted by Crippen LogP contribution is -2.38. The fourth-order valence-electron chi connectivity index (χ4n) is 4.23. The minimum absolute atomic E-state index is 0.212. The van der Waals surface area contributed by atoms with Gasteiger partial charge >= 0.3 is 0 Å². The highest BCUT2D eigenvalue weighted by Gasteiger charge is 2.27. The quantitative estimate of drug-likeness (QED) is 0.343. The molecule has 8 heteroatoms. The summed E-state index contributed by atoms with van der Waals surface area (Å²) < 4.78 is 12.3. The highest BCUT2D eigenvalue weighted by molar-refractivity contribution is 7.18. The van der Waals surface area contributed by atoms with Crippen molar-refractivity contribution in [1.29, 1.82) is 0 Å². The molecule has 1 aliphatic heterocycles. The van der Waals surface area contributed by atoms with Crippen LogP contribution in [0.1, 0.15) is 53.9 Å². The summed E-state index contributed by atoms with van der Waals surface area (Å²) in [5.74, 6) is 2.40. The molecule has 0 bridgehead atoms. The molecule has 5 rings (SSSR count). The average molecular weight is 477 g/mol. The third-order valence-electron chi connectivity index (χ3n) is 6.20. The van der Waals surface area contributed by atoms with Crippen molar-refractivity contribution in [3.05, 3.63) is 70.8 Å². The van der Waals surface area contributed by atoms with E-state index in [1.807, 2.05) is 54.3 Å². The molecule has 34 heavy (non-hydrogen) atoms. The summed E-state index contributed by atoms with van der Waals surface area (Å²) in [4.78, 5) is 23.8. The number of nitrogens with zero attached hydrogens (tertiary/aromatic N) is 4. The fraction of sp³-hybridized carbons (Fsp3) is 0.385. The first-order valence-electron chi connectivity index (χ1n) is 11.8. The molecule has 1 amide bonds. The molecule has 0 radical (unpaired) electrons. The van der Waals surface area contributed by atoms with E-state index in [0.29, 0.717) is 18.1 Å². The van der Waals surface area contributed by atoms with Crippen molar-refractivity contribution in [2.45, 2.75) is 51.6 Å². The second kappa shape index (κ2) is 10.3. The number of ether oxygens (including phenoxy) is 1. The van der Waals surface area contributed by atoms with Gasteiger partial charge in [-0.05, 0) is 56.9 Å². The first-order chi connectivity index (χ1) is 16.6. The van der Waals surface area contributed by atoms with Crippen molar-refractivity contribution in [2.75, 3.05) is 13.1 Å². The molecule has 0 N–H and O–H groups in total. The van der Waals surface area contributed by atoms with Crippen molar-refractivity contribution in [3.8, 4) is 5.75 Å². The van der Waals surface area contributed by atoms with E-state index in [2.05, 4.69) is 21.2 Å². The van der Waals surface area contributed by atoms with Crippen LogP contribution in [0.2, 0.25) is 0 Å². The zero-order chi connectivity index (χ0) is 23.3. The van der Waals surface area contributed by atoms with E-state index in [0.717, 1.165) is 55.0 Å². The van der Waals surface area contributed by atoms with E-state index in [9.17, 15) is 4.79 Å². The molecule has 0 unspecified atom stereocenters. The Kier molecular flexibility index (Phi) is 6.85. The normalized spacial score (nSPS) is 14.6. The van der Waals surface area contributed by atoms with E-state index in [4.69, 9.17) is 9.26 Å². The largest absolute Gasteiger partial charge is 0.484 e. The Morgan fingerprint density at radius 3 is 2.71 bits per heavy atom. The van der Waals surface area contributed by atoms with Crippen LogP contribution >= 0.6 is 11.3 Å². The Bertz CT molecular complexity index is 1210. The Labute approximate surface area is 202 Å². The maximum Gasteiger partial charge on any atom is 0.264 e. The van der Waals surface area contributed by atoms with Crippen LogP contribution in [0.25, 0.3) is 10.2 Å². The smallest absolute Gasteiger partial charge is 0.264 e. The van der Waals surface area contributed by atoms with Gasteiger partial charge in [0.15, 0.2) is 12.4 Å². The number of hydrogen-bond donors (Lipinski definition) is 0. The number of rotatable bonds is 8. The number of aromatic nitrogens is 3. The van der Waals surface area contributed by atoms with Gasteiger partial charge in [-0.1, -0.05) is 35.0 Å². The van der Waals surface area contributed by atoms with Gasteiger partial charge in [-0.2, -0.15) is 4.98 Å². The number of aryl methyl sites for hydroxylation is 2. The van der Waals surface area contributed by atoms with Gasteiger partial charge in [-0.15, -0.1) is 11.3 Å². The molecule has 176 valence electrons. The zero-order valence-corrected chi connectivity index (χ0v) is 20.1. The van der Waals surface area contributed by atoms with Crippen LogP contribution in [-0.4, -0.2) is 39.0 Å². The molecule has 2 aromatic carbocycles. The number of piperidine rings is 1. The first-order valence-corrected chi connectivity index (χ1v) is 12.6. The van der Waals surface area contributed by atoms with Crippen molar-refractivity contribution in [2.24, 2.45) is 0 Å². The lowest BCUT2D eigenvalue weighted by atomic mass is 9.96. The molecule has 1 fully saturated rings. The second-order valence-electron chi connectivity index (χ2n) is 8.73. The molecule has 0 aliphatic carbocycles. The third kappa shape index (κ3) is 5.44. The molecular formula is C26H28N4O3S. The van der Waals surface area contributed by atoms with E-state index < -0.39 is 0 Å². The minimum atomic E-state index is 0.212. The monoisotopic (exact) mass is 476 g/mol. The van der Waals surface area contributed by atoms with E-state index in [-0.39, 0.29) is 18.4 Å². The number of thiazole rings is 1. The molecular weight excluding hydrogens is 448 g/mol. The number of hydrogen-bond acceptors (Lipinski definition) is 7. The van der Waals surface area contributed by atoms with Crippen molar-refractivity contribution in [1.82, 2.24) is 20.0 Å². The number of carbonyl (C=O) groups is 1. The number of amides is 1. The maximum absolute atomic E-state index is 12.7. The number of benzene rings is 2. The topological polar surface area (TPSA) is 81.4 Å². The molecule has 1 aliphatic rings. The standard InChI is InChI=1S/C26H28N4O3S/c1-18-9-11-20(12-10-18)32-17-23-28-26(29-33-23)19-13-15-30(16-14-19)25(31)8-4-7-24-27-21-5-2-3-6-22(21)34-24/h2-3,5-6,9-12,19H,4,7-8,13-17H2,1H3. The lowest BCUT2D eigenvalue weighted by Gasteiger charge is -2.30. The summed E-state index contributed by atoms with van der Waals surface area (Å²) in [6, 6.07) is 16.0. The molecule has 7 nitrogen and oxygen atoms in total. The Morgan fingerprint density at radius 2 is 1.91 bits per heavy atom. The van der Waals surface area contributed by atoms with E-state index in [1.54, 1.807) is 11.3 Å². The van der Waals surface area contributed by atoms with Crippen LogP contribution in [-0.2, 0) is 17.8 Å². The summed E-state index contributed by atoms with van der Waals surface area (Å²) >= 11 is 1.72. The number of likely N-dealkylation sites (tertiary alicyclic amines) is 1. The van der Waals surface area contributed by atoms with Crippen LogP contribution in [0.4, 0.5) is 0 Å². The Balaban J connectivity index is 1.05. The zero-order valence-electron chi connectivity index (χ0n) is 19.3. The van der Waals surface area contributed by atoms with Crippen LogP contribution in [0, 0.1) is 6.92 Å². The van der Waals surface area contributed by atoms with Crippen molar-refractivity contribution >= 4 is 27.5 Å². The first kappa shape index (κ1) is 22.5. The number of carbonyl (C=O) groups excluding carboxylic acids is 1. The Hall–Kier alpha value is -3.26. The maximum atomic E-state index is 12.7. The second-order valence-corrected chi connectivity index (χ2v) is 9.85. The summed E-state index contributed by atoms with van der Waals surface area (Å²) in [7, 11) is 0. The lowest BCUT2D eigenvalue weighted by molar-refractivity contribution is -0.132. The van der Waals surface area contributed by atoms with Crippen LogP contribution in [0.3, 0.4) is 0 Å². The highest BCUT2D eigenvalue weighted by Crippen LogP contribution is 2.27. The van der Waals surface area contributed by atoms with Crippen LogP contribution < -0.4 is 4.74 Å². The molecule has 1 saturated heterocycles.